The number of rotatable bonds is 4. The molecule has 5 nitrogen and oxygen atoms in total. The van der Waals surface area contributed by atoms with Gasteiger partial charge >= 0.3 is 0 Å². The summed E-state index contributed by atoms with van der Waals surface area (Å²) in [6.07, 6.45) is 0.0873. The number of amides is 2. The second-order valence-electron chi connectivity index (χ2n) is 4.43. The third kappa shape index (κ3) is 3.08. The second-order valence-corrected chi connectivity index (χ2v) is 4.43. The molecule has 6 heteroatoms. The Labute approximate surface area is 110 Å². The summed E-state index contributed by atoms with van der Waals surface area (Å²) in [5.74, 6) is -1.47. The third-order valence-corrected chi connectivity index (χ3v) is 3.05. The van der Waals surface area contributed by atoms with Crippen LogP contribution in [0.5, 0.6) is 0 Å². The molecule has 1 aliphatic rings. The van der Waals surface area contributed by atoms with Gasteiger partial charge < -0.3 is 16.0 Å². The fraction of sp³-hybridized carbons (Fsp3) is 0.385. The first kappa shape index (κ1) is 13.5. The van der Waals surface area contributed by atoms with Gasteiger partial charge in [0.05, 0.1) is 5.92 Å². The van der Waals surface area contributed by atoms with Crippen molar-refractivity contribution in [2.75, 3.05) is 25.5 Å². The van der Waals surface area contributed by atoms with Gasteiger partial charge in [-0.25, -0.2) is 4.39 Å². The molecule has 2 amide bonds. The van der Waals surface area contributed by atoms with E-state index in [-0.39, 0.29) is 18.2 Å². The normalized spacial score (nSPS) is 17.6. The molecule has 0 aromatic heterocycles. The number of hydrogen-bond donors (Lipinski definition) is 3. The quantitative estimate of drug-likeness (QED) is 0.698. The van der Waals surface area contributed by atoms with Crippen molar-refractivity contribution in [1.82, 2.24) is 10.6 Å². The maximum Gasteiger partial charge on any atom is 0.228 e. The Hall–Kier alpha value is -1.95. The molecule has 1 aromatic rings. The van der Waals surface area contributed by atoms with Crippen LogP contribution in [0.3, 0.4) is 0 Å². The first-order chi connectivity index (χ1) is 9.11. The van der Waals surface area contributed by atoms with Crippen molar-refractivity contribution < 1.29 is 14.0 Å². The molecule has 0 saturated carbocycles. The van der Waals surface area contributed by atoms with Crippen molar-refractivity contribution in [3.8, 4) is 0 Å². The van der Waals surface area contributed by atoms with Crippen LogP contribution in [0.2, 0.25) is 0 Å². The van der Waals surface area contributed by atoms with Crippen molar-refractivity contribution in [3.05, 3.63) is 29.6 Å². The molecule has 2 rings (SSSR count). The van der Waals surface area contributed by atoms with Crippen LogP contribution in [0.15, 0.2) is 18.2 Å². The first-order valence-electron chi connectivity index (χ1n) is 6.13. The van der Waals surface area contributed by atoms with Gasteiger partial charge in [-0.2, -0.15) is 0 Å². The molecule has 3 N–H and O–H groups in total. The summed E-state index contributed by atoms with van der Waals surface area (Å²) in [5.41, 5.74) is 1.04. The van der Waals surface area contributed by atoms with E-state index in [0.717, 1.165) is 0 Å². The zero-order chi connectivity index (χ0) is 13.8. The summed E-state index contributed by atoms with van der Waals surface area (Å²) < 4.78 is 13.1. The number of fused-ring (bicyclic) bond motifs is 1. The first-order valence-corrected chi connectivity index (χ1v) is 6.13. The summed E-state index contributed by atoms with van der Waals surface area (Å²) in [5, 5.41) is 8.25. The minimum absolute atomic E-state index is 0.0873. The van der Waals surface area contributed by atoms with E-state index >= 15 is 0 Å². The minimum atomic E-state index is -0.554. The van der Waals surface area contributed by atoms with E-state index < -0.39 is 11.7 Å². The molecule has 102 valence electrons. The lowest BCUT2D eigenvalue weighted by Gasteiger charge is -2.24. The summed E-state index contributed by atoms with van der Waals surface area (Å²) >= 11 is 0. The average Bonchev–Trinajstić information content (AvgIpc) is 2.37. The van der Waals surface area contributed by atoms with Gasteiger partial charge in [-0.05, 0) is 24.7 Å². The number of nitrogens with one attached hydrogen (secondary N) is 3. The van der Waals surface area contributed by atoms with Crippen LogP contribution in [0.25, 0.3) is 0 Å². The molecular formula is C13H16FN3O2. The molecule has 0 bridgehead atoms. The molecule has 0 aliphatic carbocycles. The number of carbonyl (C=O) groups is 2. The van der Waals surface area contributed by atoms with E-state index in [2.05, 4.69) is 16.0 Å². The van der Waals surface area contributed by atoms with Gasteiger partial charge in [0.2, 0.25) is 11.8 Å². The SMILES string of the molecule is CNCCNC(=O)C1CC(=O)Nc2cc(F)ccc21. The van der Waals surface area contributed by atoms with E-state index in [0.29, 0.717) is 24.3 Å². The van der Waals surface area contributed by atoms with E-state index in [4.69, 9.17) is 0 Å². The average molecular weight is 265 g/mol. The van der Waals surface area contributed by atoms with Gasteiger partial charge in [0.15, 0.2) is 0 Å². The van der Waals surface area contributed by atoms with Gasteiger partial charge in [-0.15, -0.1) is 0 Å². The molecule has 0 fully saturated rings. The van der Waals surface area contributed by atoms with Crippen molar-refractivity contribution >= 4 is 17.5 Å². The Morgan fingerprint density at radius 2 is 2.26 bits per heavy atom. The maximum atomic E-state index is 13.1. The molecule has 0 saturated heterocycles. The zero-order valence-electron chi connectivity index (χ0n) is 10.6. The van der Waals surface area contributed by atoms with Gasteiger partial charge in [-0.1, -0.05) is 6.07 Å². The highest BCUT2D eigenvalue weighted by Crippen LogP contribution is 2.32. The van der Waals surface area contributed by atoms with Crippen molar-refractivity contribution in [2.45, 2.75) is 12.3 Å². The van der Waals surface area contributed by atoms with Crippen LogP contribution in [-0.4, -0.2) is 32.0 Å². The fourth-order valence-corrected chi connectivity index (χ4v) is 2.11. The molecule has 0 radical (unpaired) electrons. The zero-order valence-corrected chi connectivity index (χ0v) is 10.6. The predicted octanol–water partition coefficient (Wildman–Crippen LogP) is 0.587. The molecule has 1 unspecified atom stereocenters. The Morgan fingerprint density at radius 3 is 3.00 bits per heavy atom. The highest BCUT2D eigenvalue weighted by Gasteiger charge is 2.30. The Balaban J connectivity index is 2.18. The lowest BCUT2D eigenvalue weighted by molar-refractivity contribution is -0.126. The summed E-state index contributed by atoms with van der Waals surface area (Å²) in [6, 6.07) is 4.08. The maximum absolute atomic E-state index is 13.1. The molecule has 1 aromatic carbocycles. The second kappa shape index (κ2) is 5.79. The Bertz CT molecular complexity index is 505. The molecule has 19 heavy (non-hydrogen) atoms. The third-order valence-electron chi connectivity index (χ3n) is 3.05. The molecule has 0 spiro atoms. The number of likely N-dealkylation sites (N-methyl/N-ethyl adjacent to an activating group) is 1. The van der Waals surface area contributed by atoms with Crippen LogP contribution < -0.4 is 16.0 Å². The topological polar surface area (TPSA) is 70.2 Å². The van der Waals surface area contributed by atoms with Crippen molar-refractivity contribution in [1.29, 1.82) is 0 Å². The lowest BCUT2D eigenvalue weighted by Crippen LogP contribution is -2.37. The van der Waals surface area contributed by atoms with Crippen LogP contribution in [0, 0.1) is 5.82 Å². The molecule has 1 aliphatic heterocycles. The molecule has 1 atom stereocenters. The van der Waals surface area contributed by atoms with E-state index in [1.165, 1.54) is 12.1 Å². The van der Waals surface area contributed by atoms with E-state index in [9.17, 15) is 14.0 Å². The molecular weight excluding hydrogens is 249 g/mol. The summed E-state index contributed by atoms with van der Waals surface area (Å²) in [7, 11) is 1.79. The van der Waals surface area contributed by atoms with Crippen LogP contribution >= 0.6 is 0 Å². The number of carbonyl (C=O) groups excluding carboxylic acids is 2. The van der Waals surface area contributed by atoms with Gasteiger partial charge in [0.25, 0.3) is 0 Å². The van der Waals surface area contributed by atoms with Crippen molar-refractivity contribution in [3.63, 3.8) is 0 Å². The lowest BCUT2D eigenvalue weighted by atomic mass is 9.89. The fourth-order valence-electron chi connectivity index (χ4n) is 2.11. The summed E-state index contributed by atoms with van der Waals surface area (Å²) in [4.78, 5) is 23.6. The highest BCUT2D eigenvalue weighted by atomic mass is 19.1. The number of benzene rings is 1. The van der Waals surface area contributed by atoms with Crippen LogP contribution in [0.4, 0.5) is 10.1 Å². The van der Waals surface area contributed by atoms with Crippen LogP contribution in [0.1, 0.15) is 17.9 Å². The Morgan fingerprint density at radius 1 is 1.47 bits per heavy atom. The largest absolute Gasteiger partial charge is 0.354 e. The van der Waals surface area contributed by atoms with Gasteiger partial charge in [0.1, 0.15) is 5.82 Å². The van der Waals surface area contributed by atoms with Crippen LogP contribution in [-0.2, 0) is 9.59 Å². The van der Waals surface area contributed by atoms with Crippen molar-refractivity contribution in [2.24, 2.45) is 0 Å². The molecule has 1 heterocycles. The number of halogens is 1. The monoisotopic (exact) mass is 265 g/mol. The smallest absolute Gasteiger partial charge is 0.228 e. The van der Waals surface area contributed by atoms with E-state index in [1.807, 2.05) is 0 Å². The highest BCUT2D eigenvalue weighted by molar-refractivity contribution is 6.01. The van der Waals surface area contributed by atoms with Gasteiger partial charge in [0, 0.05) is 25.2 Å². The van der Waals surface area contributed by atoms with Gasteiger partial charge in [-0.3, -0.25) is 9.59 Å². The minimum Gasteiger partial charge on any atom is -0.354 e. The summed E-state index contributed by atoms with van der Waals surface area (Å²) in [6.45, 7) is 1.14. The number of anilines is 1. The predicted molar refractivity (Wildman–Crippen MR) is 69.3 cm³/mol. The van der Waals surface area contributed by atoms with E-state index in [1.54, 1.807) is 13.1 Å². The Kier molecular flexibility index (Phi) is 4.11. The number of hydrogen-bond acceptors (Lipinski definition) is 3. The standard InChI is InChI=1S/C13H16FN3O2/c1-15-4-5-16-13(19)10-7-12(18)17-11-6-8(14)2-3-9(10)11/h2-3,6,10,15H,4-5,7H2,1H3,(H,16,19)(H,17,18).